The quantitative estimate of drug-likeness (QED) is 0.399. The number of ether oxygens (including phenoxy) is 2. The molecule has 1 fully saturated rings. The molecule has 0 spiro atoms. The molecule has 10 nitrogen and oxygen atoms in total. The van der Waals surface area contributed by atoms with Crippen molar-refractivity contribution in [3.05, 3.63) is 76.9 Å². The number of primary amides is 1. The van der Waals surface area contributed by atoms with Crippen LogP contribution in [0.3, 0.4) is 0 Å². The van der Waals surface area contributed by atoms with Gasteiger partial charge in [-0.05, 0) is 43.7 Å². The van der Waals surface area contributed by atoms with Gasteiger partial charge in [-0.3, -0.25) is 0 Å². The third-order valence-corrected chi connectivity index (χ3v) is 7.38. The van der Waals surface area contributed by atoms with Crippen molar-refractivity contribution in [2.75, 3.05) is 31.1 Å². The summed E-state index contributed by atoms with van der Waals surface area (Å²) in [4.78, 5) is 35.7. The standard InChI is InChI=1S/C29H29N5O5/c1-29(2)25(14-20-13-19-5-8-27(35)37-23(19)16-24(20)39-29)38-26-15-22(31-17-32-26)18-3-6-21(7-4-18)33-9-11-34(12-10-33)28(30)36/h3-8,13,15-17,25H,9-12,14H2,1-2H3,(H2,30,36)/t25-/m0/s1. The second-order valence-electron chi connectivity index (χ2n) is 10.4. The van der Waals surface area contributed by atoms with Crippen molar-refractivity contribution in [1.29, 1.82) is 0 Å². The van der Waals surface area contributed by atoms with Crippen molar-refractivity contribution in [2.24, 2.45) is 5.73 Å². The van der Waals surface area contributed by atoms with E-state index in [2.05, 4.69) is 27.0 Å². The van der Waals surface area contributed by atoms with E-state index in [-0.39, 0.29) is 12.1 Å². The van der Waals surface area contributed by atoms with Gasteiger partial charge in [-0.25, -0.2) is 19.6 Å². The van der Waals surface area contributed by atoms with E-state index >= 15 is 0 Å². The number of rotatable bonds is 4. The van der Waals surface area contributed by atoms with Gasteiger partial charge in [0.2, 0.25) is 5.88 Å². The highest BCUT2D eigenvalue weighted by Crippen LogP contribution is 2.37. The number of urea groups is 1. The molecule has 200 valence electrons. The molecule has 0 radical (unpaired) electrons. The van der Waals surface area contributed by atoms with Crippen LogP contribution in [0.4, 0.5) is 10.5 Å². The summed E-state index contributed by atoms with van der Waals surface area (Å²) in [5.41, 5.74) is 8.60. The second kappa shape index (κ2) is 9.61. The Balaban J connectivity index is 1.18. The Morgan fingerprint density at radius 2 is 1.79 bits per heavy atom. The number of carbonyl (C=O) groups is 1. The molecule has 0 bridgehead atoms. The second-order valence-corrected chi connectivity index (χ2v) is 10.4. The summed E-state index contributed by atoms with van der Waals surface area (Å²) in [6.45, 7) is 6.64. The lowest BCUT2D eigenvalue weighted by Gasteiger charge is -2.39. The highest BCUT2D eigenvalue weighted by molar-refractivity contribution is 5.79. The summed E-state index contributed by atoms with van der Waals surface area (Å²) in [6, 6.07) is 16.5. The third kappa shape index (κ3) is 4.97. The van der Waals surface area contributed by atoms with E-state index in [1.807, 2.05) is 38.1 Å². The van der Waals surface area contributed by atoms with E-state index < -0.39 is 11.2 Å². The number of anilines is 1. The Morgan fingerprint density at radius 1 is 1.03 bits per heavy atom. The van der Waals surface area contributed by atoms with E-state index in [4.69, 9.17) is 19.6 Å². The molecular formula is C29H29N5O5. The zero-order valence-electron chi connectivity index (χ0n) is 21.8. The van der Waals surface area contributed by atoms with Crippen LogP contribution in [0.15, 0.2) is 70.1 Å². The molecule has 4 heterocycles. The van der Waals surface area contributed by atoms with Crippen molar-refractivity contribution in [3.63, 3.8) is 0 Å². The molecule has 2 aliphatic rings. The van der Waals surface area contributed by atoms with Gasteiger partial charge in [0.15, 0.2) is 0 Å². The summed E-state index contributed by atoms with van der Waals surface area (Å²) in [7, 11) is 0. The minimum atomic E-state index is -0.652. The van der Waals surface area contributed by atoms with Crippen molar-refractivity contribution in [2.45, 2.75) is 32.0 Å². The zero-order valence-corrected chi connectivity index (χ0v) is 21.8. The van der Waals surface area contributed by atoms with E-state index in [0.717, 1.165) is 41.0 Å². The topological polar surface area (TPSA) is 124 Å². The molecule has 1 atom stereocenters. The molecule has 39 heavy (non-hydrogen) atoms. The van der Waals surface area contributed by atoms with Gasteiger partial charge in [-0.1, -0.05) is 12.1 Å². The largest absolute Gasteiger partial charge is 0.484 e. The van der Waals surface area contributed by atoms with Gasteiger partial charge in [-0.15, -0.1) is 0 Å². The lowest BCUT2D eigenvalue weighted by molar-refractivity contribution is -0.0287. The van der Waals surface area contributed by atoms with Gasteiger partial charge in [0.25, 0.3) is 0 Å². The van der Waals surface area contributed by atoms with Gasteiger partial charge in [0.05, 0.1) is 5.69 Å². The smallest absolute Gasteiger partial charge is 0.336 e. The first-order valence-electron chi connectivity index (χ1n) is 12.9. The van der Waals surface area contributed by atoms with Crippen LogP contribution in [0.5, 0.6) is 11.6 Å². The van der Waals surface area contributed by atoms with Crippen molar-refractivity contribution in [1.82, 2.24) is 14.9 Å². The summed E-state index contributed by atoms with van der Waals surface area (Å²) >= 11 is 0. The molecule has 1 saturated heterocycles. The number of benzene rings is 2. The van der Waals surface area contributed by atoms with Crippen molar-refractivity contribution in [3.8, 4) is 22.9 Å². The SMILES string of the molecule is CC1(C)Oc2cc3oc(=O)ccc3cc2C[C@@H]1Oc1cc(-c2ccc(N3CCN(C(N)=O)CC3)cc2)ncn1. The highest BCUT2D eigenvalue weighted by Gasteiger charge is 2.39. The van der Waals surface area contributed by atoms with Crippen LogP contribution in [0, 0.1) is 0 Å². The zero-order chi connectivity index (χ0) is 27.1. The number of hydrogen-bond donors (Lipinski definition) is 1. The minimum Gasteiger partial charge on any atom is -0.484 e. The fraction of sp³-hybridized carbons (Fsp3) is 0.310. The van der Waals surface area contributed by atoms with E-state index in [1.54, 1.807) is 17.0 Å². The average molecular weight is 528 g/mol. The summed E-state index contributed by atoms with van der Waals surface area (Å²) < 4.78 is 18.0. The van der Waals surface area contributed by atoms with Crippen molar-refractivity contribution >= 4 is 22.7 Å². The maximum absolute atomic E-state index is 11.6. The van der Waals surface area contributed by atoms with Gasteiger partial charge in [0, 0.05) is 67.4 Å². The first-order chi connectivity index (χ1) is 18.7. The molecule has 2 aliphatic heterocycles. The monoisotopic (exact) mass is 527 g/mol. The molecule has 0 saturated carbocycles. The Hall–Kier alpha value is -4.60. The molecule has 10 heteroatoms. The third-order valence-electron chi connectivity index (χ3n) is 7.38. The van der Waals surface area contributed by atoms with Crippen LogP contribution in [0.25, 0.3) is 22.2 Å². The molecular weight excluding hydrogens is 498 g/mol. The molecule has 2 aromatic carbocycles. The summed E-state index contributed by atoms with van der Waals surface area (Å²) in [5.74, 6) is 1.14. The number of hydrogen-bond acceptors (Lipinski definition) is 8. The number of nitrogens with zero attached hydrogens (tertiary/aromatic N) is 4. The van der Waals surface area contributed by atoms with Crippen LogP contribution in [0.1, 0.15) is 19.4 Å². The predicted octanol–water partition coefficient (Wildman–Crippen LogP) is 3.61. The predicted molar refractivity (Wildman–Crippen MR) is 146 cm³/mol. The lowest BCUT2D eigenvalue weighted by atomic mass is 9.90. The van der Waals surface area contributed by atoms with Gasteiger partial charge in [0.1, 0.15) is 29.4 Å². The Kier molecular flexibility index (Phi) is 6.09. The number of nitrogens with two attached hydrogens (primary N) is 1. The van der Waals surface area contributed by atoms with Crippen LogP contribution < -0.4 is 25.7 Å². The molecule has 2 amide bonds. The van der Waals surface area contributed by atoms with Gasteiger partial charge >= 0.3 is 11.7 Å². The minimum absolute atomic E-state index is 0.303. The number of carbonyl (C=O) groups excluding carboxylic acids is 1. The molecule has 2 N–H and O–H groups in total. The molecule has 4 aromatic rings. The fourth-order valence-electron chi connectivity index (χ4n) is 5.11. The van der Waals surface area contributed by atoms with Gasteiger partial charge in [-0.2, -0.15) is 0 Å². The number of amides is 2. The maximum Gasteiger partial charge on any atom is 0.336 e. The summed E-state index contributed by atoms with van der Waals surface area (Å²) in [6.07, 6.45) is 1.80. The molecule has 2 aromatic heterocycles. The van der Waals surface area contributed by atoms with Crippen LogP contribution in [0.2, 0.25) is 0 Å². The maximum atomic E-state index is 11.6. The Bertz CT molecular complexity index is 1590. The van der Waals surface area contributed by atoms with Crippen LogP contribution in [-0.4, -0.2) is 58.8 Å². The van der Waals surface area contributed by atoms with E-state index in [9.17, 15) is 9.59 Å². The number of fused-ring (bicyclic) bond motifs is 2. The first kappa shape index (κ1) is 24.7. The normalized spacial score (nSPS) is 18.4. The average Bonchev–Trinajstić information content (AvgIpc) is 2.93. The van der Waals surface area contributed by atoms with E-state index in [0.29, 0.717) is 36.7 Å². The van der Waals surface area contributed by atoms with Crippen LogP contribution >= 0.6 is 0 Å². The van der Waals surface area contributed by atoms with Crippen molar-refractivity contribution < 1.29 is 18.7 Å². The lowest BCUT2D eigenvalue weighted by Crippen LogP contribution is -2.50. The molecule has 0 unspecified atom stereocenters. The van der Waals surface area contributed by atoms with E-state index in [1.165, 1.54) is 12.4 Å². The molecule has 6 rings (SSSR count). The Labute approximate surface area is 225 Å². The summed E-state index contributed by atoms with van der Waals surface area (Å²) in [5, 5.41) is 0.831. The van der Waals surface area contributed by atoms with Crippen LogP contribution in [-0.2, 0) is 6.42 Å². The van der Waals surface area contributed by atoms with Gasteiger partial charge < -0.3 is 29.4 Å². The number of piperazine rings is 1. The Morgan fingerprint density at radius 3 is 2.54 bits per heavy atom. The molecule has 0 aliphatic carbocycles. The fourth-order valence-corrected chi connectivity index (χ4v) is 5.11. The first-order valence-corrected chi connectivity index (χ1v) is 12.9. The number of aromatic nitrogens is 2. The highest BCUT2D eigenvalue weighted by atomic mass is 16.6.